The number of carbonyl (C=O) groups excluding carboxylic acids is 2. The van der Waals surface area contributed by atoms with Crippen LogP contribution in [0.1, 0.15) is 251 Å². The van der Waals surface area contributed by atoms with E-state index in [1.807, 2.05) is 21.1 Å². The highest BCUT2D eigenvalue weighted by Gasteiger charge is 2.21. The Labute approximate surface area is 377 Å². The molecule has 0 aromatic carbocycles. The fourth-order valence-electron chi connectivity index (χ4n) is 7.48. The standard InChI is InChI=1S/C51H100NO8P/c1-6-8-10-12-14-16-18-20-22-24-25-26-27-28-30-31-33-35-37-39-41-43-50(53)57-47-49(48-59-61(55,56)58-46-45-52(3,4)5)60-51(54)44-42-40-38-36-34-32-29-23-21-19-17-15-13-11-9-7-2/h20,22,49H,6-19,21,23-48H2,1-5H3/b22-20+/t49-/m0/s1. The van der Waals surface area contributed by atoms with Gasteiger partial charge in [0, 0.05) is 12.8 Å². The third-order valence-electron chi connectivity index (χ3n) is 11.5. The SMILES string of the molecule is CCCCCCCC/C=C/CCCCCCCCCCCCCC(=O)OC[C@@H](COP(=O)([O-])OCC[N+](C)(C)C)OC(=O)CCCCCCCCCCCCCCCCCC. The minimum Gasteiger partial charge on any atom is -0.756 e. The van der Waals surface area contributed by atoms with E-state index in [0.29, 0.717) is 17.4 Å². The predicted octanol–water partition coefficient (Wildman–Crippen LogP) is 14.7. The quantitative estimate of drug-likeness (QED) is 0.0195. The number of carbonyl (C=O) groups is 2. The molecule has 0 saturated heterocycles. The highest BCUT2D eigenvalue weighted by molar-refractivity contribution is 7.45. The number of unbranched alkanes of at least 4 members (excludes halogenated alkanes) is 32. The third-order valence-corrected chi connectivity index (χ3v) is 12.5. The van der Waals surface area contributed by atoms with Crippen molar-refractivity contribution in [1.82, 2.24) is 0 Å². The smallest absolute Gasteiger partial charge is 0.306 e. The van der Waals surface area contributed by atoms with Crippen LogP contribution >= 0.6 is 7.82 Å². The Morgan fingerprint density at radius 3 is 1.21 bits per heavy atom. The first-order chi connectivity index (χ1) is 29.5. The summed E-state index contributed by atoms with van der Waals surface area (Å²) in [4.78, 5) is 37.7. The van der Waals surface area contributed by atoms with Crippen molar-refractivity contribution in [2.75, 3.05) is 47.5 Å². The summed E-state index contributed by atoms with van der Waals surface area (Å²) < 4.78 is 34.1. The Bertz CT molecular complexity index is 1050. The summed E-state index contributed by atoms with van der Waals surface area (Å²) in [6.07, 6.45) is 48.1. The fourth-order valence-corrected chi connectivity index (χ4v) is 8.20. The number of rotatable bonds is 48. The van der Waals surface area contributed by atoms with Crippen LogP contribution in [0.3, 0.4) is 0 Å². The number of phosphoric acid groups is 1. The van der Waals surface area contributed by atoms with Crippen LogP contribution in [0, 0.1) is 0 Å². The molecule has 0 radical (unpaired) electrons. The fraction of sp³-hybridized carbons (Fsp3) is 0.922. The molecule has 0 aliphatic rings. The lowest BCUT2D eigenvalue weighted by Gasteiger charge is -2.28. The van der Waals surface area contributed by atoms with Gasteiger partial charge in [-0.3, -0.25) is 14.2 Å². The summed E-state index contributed by atoms with van der Waals surface area (Å²) >= 11 is 0. The van der Waals surface area contributed by atoms with Crippen LogP contribution in [0.2, 0.25) is 0 Å². The normalized spacial score (nSPS) is 13.5. The summed E-state index contributed by atoms with van der Waals surface area (Å²) in [6, 6.07) is 0. The van der Waals surface area contributed by atoms with Gasteiger partial charge in [0.25, 0.3) is 7.82 Å². The number of phosphoric ester groups is 1. The molecule has 0 bridgehead atoms. The minimum atomic E-state index is -4.62. The number of nitrogens with zero attached hydrogens (tertiary/aromatic N) is 1. The van der Waals surface area contributed by atoms with Crippen LogP contribution in [0.5, 0.6) is 0 Å². The average molecular weight is 886 g/mol. The molecule has 0 amide bonds. The topological polar surface area (TPSA) is 111 Å². The molecule has 0 fully saturated rings. The molecule has 0 rings (SSSR count). The predicted molar refractivity (Wildman–Crippen MR) is 255 cm³/mol. The zero-order valence-corrected chi connectivity index (χ0v) is 41.8. The number of likely N-dealkylation sites (N-methyl/N-ethyl adjacent to an activating group) is 1. The van der Waals surface area contributed by atoms with Crippen molar-refractivity contribution in [2.24, 2.45) is 0 Å². The first kappa shape index (κ1) is 59.8. The van der Waals surface area contributed by atoms with Gasteiger partial charge in [-0.2, -0.15) is 0 Å². The van der Waals surface area contributed by atoms with Gasteiger partial charge in [-0.1, -0.05) is 212 Å². The molecule has 1 unspecified atom stereocenters. The third kappa shape index (κ3) is 48.1. The van der Waals surface area contributed by atoms with E-state index in [1.165, 1.54) is 186 Å². The molecule has 9 nitrogen and oxygen atoms in total. The molecule has 0 aliphatic heterocycles. The number of hydrogen-bond acceptors (Lipinski definition) is 8. The molecule has 2 atom stereocenters. The molecule has 61 heavy (non-hydrogen) atoms. The second-order valence-electron chi connectivity index (χ2n) is 18.9. The maximum Gasteiger partial charge on any atom is 0.306 e. The summed E-state index contributed by atoms with van der Waals surface area (Å²) in [7, 11) is 1.18. The van der Waals surface area contributed by atoms with E-state index in [1.54, 1.807) is 0 Å². The van der Waals surface area contributed by atoms with Gasteiger partial charge >= 0.3 is 11.9 Å². The van der Waals surface area contributed by atoms with Crippen molar-refractivity contribution in [1.29, 1.82) is 0 Å². The number of hydrogen-bond donors (Lipinski definition) is 0. The van der Waals surface area contributed by atoms with Gasteiger partial charge in [0.05, 0.1) is 27.7 Å². The van der Waals surface area contributed by atoms with Crippen molar-refractivity contribution in [3.05, 3.63) is 12.2 Å². The molecule has 0 N–H and O–H groups in total. The number of ether oxygens (including phenoxy) is 2. The summed E-state index contributed by atoms with van der Waals surface area (Å²) in [5, 5.41) is 0. The lowest BCUT2D eigenvalue weighted by Crippen LogP contribution is -2.37. The Morgan fingerprint density at radius 2 is 0.836 bits per heavy atom. The van der Waals surface area contributed by atoms with Gasteiger partial charge < -0.3 is 27.9 Å². The van der Waals surface area contributed by atoms with Gasteiger partial charge in [-0.05, 0) is 38.5 Å². The Hall–Kier alpha value is -1.25. The van der Waals surface area contributed by atoms with Gasteiger partial charge in [0.15, 0.2) is 6.10 Å². The van der Waals surface area contributed by atoms with E-state index in [9.17, 15) is 19.0 Å². The van der Waals surface area contributed by atoms with Crippen molar-refractivity contribution in [3.8, 4) is 0 Å². The number of quaternary nitrogens is 1. The molecule has 0 heterocycles. The molecule has 0 spiro atoms. The molecular formula is C51H100NO8P. The van der Waals surface area contributed by atoms with E-state index in [2.05, 4.69) is 26.0 Å². The molecule has 10 heteroatoms. The summed E-state index contributed by atoms with van der Waals surface area (Å²) in [5.74, 6) is -0.819. The van der Waals surface area contributed by atoms with Crippen LogP contribution in [0.15, 0.2) is 12.2 Å². The Balaban J connectivity index is 4.19. The summed E-state index contributed by atoms with van der Waals surface area (Å²) in [5.41, 5.74) is 0. The zero-order chi connectivity index (χ0) is 45.0. The Morgan fingerprint density at radius 1 is 0.492 bits per heavy atom. The molecule has 0 aromatic rings. The van der Waals surface area contributed by atoms with Crippen molar-refractivity contribution in [3.63, 3.8) is 0 Å². The van der Waals surface area contributed by atoms with Crippen LogP contribution in [0.4, 0.5) is 0 Å². The van der Waals surface area contributed by atoms with Crippen molar-refractivity contribution in [2.45, 2.75) is 258 Å². The molecular weight excluding hydrogens is 786 g/mol. The highest BCUT2D eigenvalue weighted by Crippen LogP contribution is 2.38. The second kappa shape index (κ2) is 44.0. The maximum absolute atomic E-state index is 12.7. The minimum absolute atomic E-state index is 0.0271. The van der Waals surface area contributed by atoms with E-state index in [0.717, 1.165) is 32.1 Å². The van der Waals surface area contributed by atoms with Crippen LogP contribution in [-0.4, -0.2) is 70.0 Å². The van der Waals surface area contributed by atoms with Gasteiger partial charge in [-0.15, -0.1) is 0 Å². The first-order valence-electron chi connectivity index (χ1n) is 25.9. The molecule has 0 aliphatic carbocycles. The van der Waals surface area contributed by atoms with E-state index in [4.69, 9.17) is 18.5 Å². The number of esters is 2. The Kier molecular flexibility index (Phi) is 43.1. The van der Waals surface area contributed by atoms with Crippen LogP contribution in [0.25, 0.3) is 0 Å². The second-order valence-corrected chi connectivity index (χ2v) is 20.3. The monoisotopic (exact) mass is 886 g/mol. The summed E-state index contributed by atoms with van der Waals surface area (Å²) in [6.45, 7) is 4.27. The van der Waals surface area contributed by atoms with Gasteiger partial charge in [0.2, 0.25) is 0 Å². The van der Waals surface area contributed by atoms with E-state index >= 15 is 0 Å². The van der Waals surface area contributed by atoms with Crippen LogP contribution in [-0.2, 0) is 32.7 Å². The number of allylic oxidation sites excluding steroid dienone is 2. The highest BCUT2D eigenvalue weighted by atomic mass is 31.2. The lowest BCUT2D eigenvalue weighted by molar-refractivity contribution is -0.870. The molecule has 0 saturated carbocycles. The van der Waals surface area contributed by atoms with Crippen molar-refractivity contribution >= 4 is 19.8 Å². The maximum atomic E-state index is 12.7. The van der Waals surface area contributed by atoms with Crippen LogP contribution < -0.4 is 4.89 Å². The van der Waals surface area contributed by atoms with Crippen molar-refractivity contribution < 1.29 is 42.1 Å². The van der Waals surface area contributed by atoms with E-state index in [-0.39, 0.29) is 32.0 Å². The first-order valence-corrected chi connectivity index (χ1v) is 27.4. The van der Waals surface area contributed by atoms with E-state index < -0.39 is 26.5 Å². The average Bonchev–Trinajstić information content (AvgIpc) is 3.21. The lowest BCUT2D eigenvalue weighted by atomic mass is 10.0. The van der Waals surface area contributed by atoms with Gasteiger partial charge in [0.1, 0.15) is 19.8 Å². The molecule has 0 aromatic heterocycles. The molecule has 362 valence electrons. The largest absolute Gasteiger partial charge is 0.756 e. The van der Waals surface area contributed by atoms with Gasteiger partial charge in [-0.25, -0.2) is 0 Å². The zero-order valence-electron chi connectivity index (χ0n) is 40.9.